The van der Waals surface area contributed by atoms with E-state index >= 15 is 0 Å². The molecule has 0 amide bonds. The summed E-state index contributed by atoms with van der Waals surface area (Å²) in [6, 6.07) is 2.87. The number of nitrogens with zero attached hydrogens (tertiary/aromatic N) is 2. The maximum atomic E-state index is 11.4. The maximum absolute atomic E-state index is 11.4. The van der Waals surface area contributed by atoms with E-state index in [0.29, 0.717) is 17.9 Å². The zero-order valence-corrected chi connectivity index (χ0v) is 11.7. The van der Waals surface area contributed by atoms with Gasteiger partial charge in [-0.15, -0.1) is 0 Å². The van der Waals surface area contributed by atoms with Crippen LogP contribution in [0.4, 0.5) is 11.4 Å². The lowest BCUT2D eigenvalue weighted by Crippen LogP contribution is -2.27. The quantitative estimate of drug-likeness (QED) is 0.472. The number of rotatable bonds is 5. The summed E-state index contributed by atoms with van der Waals surface area (Å²) in [5.41, 5.74) is 1.18. The van der Waals surface area contributed by atoms with E-state index in [1.807, 2.05) is 0 Å². The molecule has 0 aliphatic rings. The number of esters is 1. The predicted octanol–water partition coefficient (Wildman–Crippen LogP) is 2.56. The van der Waals surface area contributed by atoms with E-state index in [2.05, 4.69) is 0 Å². The molecule has 0 heterocycles. The number of aryl methyl sites for hydroxylation is 1. The molecular formula is C12H15ClN2O4. The fourth-order valence-electron chi connectivity index (χ4n) is 1.69. The smallest absolute Gasteiger partial charge is 0.325 e. The number of hydrogen-bond acceptors (Lipinski definition) is 5. The molecule has 0 radical (unpaired) electrons. The standard InChI is InChI=1S/C12H15ClN2O4/c1-4-19-12(16)7-14(3)10-6-9(13)11(15(17)18)5-8(10)2/h5-6H,4,7H2,1-3H3. The first-order chi connectivity index (χ1) is 8.86. The van der Waals surface area contributed by atoms with Crippen molar-refractivity contribution in [3.05, 3.63) is 32.8 Å². The second-order valence-electron chi connectivity index (χ2n) is 4.01. The number of anilines is 1. The Hall–Kier alpha value is -1.82. The number of nitro benzene ring substituents is 1. The van der Waals surface area contributed by atoms with Crippen LogP contribution in [0.15, 0.2) is 12.1 Å². The molecule has 0 bridgehead atoms. The highest BCUT2D eigenvalue weighted by Gasteiger charge is 2.18. The van der Waals surface area contributed by atoms with E-state index < -0.39 is 4.92 Å². The minimum absolute atomic E-state index is 0.0429. The van der Waals surface area contributed by atoms with Crippen LogP contribution >= 0.6 is 11.6 Å². The van der Waals surface area contributed by atoms with Crippen LogP contribution in [0.3, 0.4) is 0 Å². The molecule has 1 aromatic carbocycles. The van der Waals surface area contributed by atoms with E-state index in [4.69, 9.17) is 16.3 Å². The van der Waals surface area contributed by atoms with Crippen molar-refractivity contribution in [1.29, 1.82) is 0 Å². The molecule has 0 fully saturated rings. The van der Waals surface area contributed by atoms with Crippen LogP contribution in [0.2, 0.25) is 5.02 Å². The lowest BCUT2D eigenvalue weighted by Gasteiger charge is -2.20. The number of ether oxygens (including phenoxy) is 1. The van der Waals surface area contributed by atoms with E-state index in [9.17, 15) is 14.9 Å². The molecule has 0 aliphatic heterocycles. The SMILES string of the molecule is CCOC(=O)CN(C)c1cc(Cl)c([N+](=O)[O-])cc1C. The van der Waals surface area contributed by atoms with Gasteiger partial charge in [-0.05, 0) is 25.5 Å². The molecule has 0 saturated heterocycles. The first-order valence-corrected chi connectivity index (χ1v) is 6.06. The molecule has 1 aromatic rings. The van der Waals surface area contributed by atoms with Gasteiger partial charge < -0.3 is 9.64 Å². The highest BCUT2D eigenvalue weighted by atomic mass is 35.5. The van der Waals surface area contributed by atoms with Crippen molar-refractivity contribution in [3.8, 4) is 0 Å². The van der Waals surface area contributed by atoms with Crippen LogP contribution in [0.25, 0.3) is 0 Å². The van der Waals surface area contributed by atoms with Crippen molar-refractivity contribution in [2.24, 2.45) is 0 Å². The van der Waals surface area contributed by atoms with Gasteiger partial charge in [0.2, 0.25) is 0 Å². The molecule has 0 spiro atoms. The van der Waals surface area contributed by atoms with Crippen LogP contribution in [0, 0.1) is 17.0 Å². The van der Waals surface area contributed by atoms with Gasteiger partial charge in [0.1, 0.15) is 11.6 Å². The summed E-state index contributed by atoms with van der Waals surface area (Å²) in [6.07, 6.45) is 0. The van der Waals surface area contributed by atoms with Crippen molar-refractivity contribution in [3.63, 3.8) is 0 Å². The molecule has 6 nitrogen and oxygen atoms in total. The van der Waals surface area contributed by atoms with Gasteiger partial charge in [-0.25, -0.2) is 0 Å². The van der Waals surface area contributed by atoms with Gasteiger partial charge in [0.25, 0.3) is 5.69 Å². The normalized spacial score (nSPS) is 10.1. The third-order valence-electron chi connectivity index (χ3n) is 2.54. The van der Waals surface area contributed by atoms with Gasteiger partial charge >= 0.3 is 5.97 Å². The van der Waals surface area contributed by atoms with Crippen molar-refractivity contribution in [2.75, 3.05) is 25.1 Å². The van der Waals surface area contributed by atoms with E-state index in [-0.39, 0.29) is 23.2 Å². The highest BCUT2D eigenvalue weighted by Crippen LogP contribution is 2.32. The van der Waals surface area contributed by atoms with Gasteiger partial charge in [0.05, 0.1) is 11.5 Å². The molecule has 0 atom stereocenters. The zero-order chi connectivity index (χ0) is 14.6. The maximum Gasteiger partial charge on any atom is 0.325 e. The molecular weight excluding hydrogens is 272 g/mol. The molecule has 0 aliphatic carbocycles. The fraction of sp³-hybridized carbons (Fsp3) is 0.417. The summed E-state index contributed by atoms with van der Waals surface area (Å²) < 4.78 is 4.84. The first-order valence-electron chi connectivity index (χ1n) is 5.68. The van der Waals surface area contributed by atoms with Crippen LogP contribution in [0.5, 0.6) is 0 Å². The van der Waals surface area contributed by atoms with Crippen molar-refractivity contribution in [2.45, 2.75) is 13.8 Å². The van der Waals surface area contributed by atoms with E-state index in [1.54, 1.807) is 25.8 Å². The van der Waals surface area contributed by atoms with Crippen LogP contribution in [0.1, 0.15) is 12.5 Å². The number of carbonyl (C=O) groups is 1. The van der Waals surface area contributed by atoms with Gasteiger partial charge in [-0.2, -0.15) is 0 Å². The van der Waals surface area contributed by atoms with Gasteiger partial charge in [0, 0.05) is 18.8 Å². The number of halogens is 1. The summed E-state index contributed by atoms with van der Waals surface area (Å²) in [4.78, 5) is 23.2. The fourth-order valence-corrected chi connectivity index (χ4v) is 1.92. The molecule has 7 heteroatoms. The van der Waals surface area contributed by atoms with E-state index in [1.165, 1.54) is 12.1 Å². The minimum Gasteiger partial charge on any atom is -0.465 e. The lowest BCUT2D eigenvalue weighted by molar-refractivity contribution is -0.384. The largest absolute Gasteiger partial charge is 0.465 e. The second kappa shape index (κ2) is 6.38. The molecule has 0 unspecified atom stereocenters. The van der Waals surface area contributed by atoms with Gasteiger partial charge in [0.15, 0.2) is 0 Å². The average molecular weight is 287 g/mol. The highest BCUT2D eigenvalue weighted by molar-refractivity contribution is 6.33. The summed E-state index contributed by atoms with van der Waals surface area (Å²) >= 11 is 5.85. The monoisotopic (exact) mass is 286 g/mol. The number of benzene rings is 1. The Morgan fingerprint density at radius 3 is 2.68 bits per heavy atom. The summed E-state index contributed by atoms with van der Waals surface area (Å²) in [6.45, 7) is 3.82. The van der Waals surface area contributed by atoms with Crippen molar-refractivity contribution < 1.29 is 14.5 Å². The zero-order valence-electron chi connectivity index (χ0n) is 11.0. The Labute approximate surface area is 116 Å². The predicted molar refractivity (Wildman–Crippen MR) is 72.7 cm³/mol. The average Bonchev–Trinajstić information content (AvgIpc) is 2.31. The van der Waals surface area contributed by atoms with Crippen molar-refractivity contribution >= 4 is 28.9 Å². The minimum atomic E-state index is -0.537. The second-order valence-corrected chi connectivity index (χ2v) is 4.42. The summed E-state index contributed by atoms with van der Waals surface area (Å²) in [5.74, 6) is -0.362. The number of hydrogen-bond donors (Lipinski definition) is 0. The van der Waals surface area contributed by atoms with Gasteiger partial charge in [-0.3, -0.25) is 14.9 Å². The Bertz CT molecular complexity index is 505. The Morgan fingerprint density at radius 2 is 2.16 bits per heavy atom. The van der Waals surface area contributed by atoms with E-state index in [0.717, 1.165) is 0 Å². The Kier molecular flexibility index (Phi) is 5.11. The molecule has 19 heavy (non-hydrogen) atoms. The first kappa shape index (κ1) is 15.2. The molecule has 0 saturated carbocycles. The number of likely N-dealkylation sites (N-methyl/N-ethyl adjacent to an activating group) is 1. The van der Waals surface area contributed by atoms with Crippen LogP contribution < -0.4 is 4.90 Å². The number of nitro groups is 1. The van der Waals surface area contributed by atoms with Crippen LogP contribution in [-0.4, -0.2) is 31.1 Å². The topological polar surface area (TPSA) is 72.7 Å². The van der Waals surface area contributed by atoms with Crippen molar-refractivity contribution in [1.82, 2.24) is 0 Å². The summed E-state index contributed by atoms with van der Waals surface area (Å²) in [7, 11) is 1.70. The van der Waals surface area contributed by atoms with Crippen LogP contribution in [-0.2, 0) is 9.53 Å². The molecule has 104 valence electrons. The third kappa shape index (κ3) is 3.82. The third-order valence-corrected chi connectivity index (χ3v) is 2.85. The Morgan fingerprint density at radius 1 is 1.53 bits per heavy atom. The molecule has 1 rings (SSSR count). The Balaban J connectivity index is 2.98. The molecule has 0 N–H and O–H groups in total. The van der Waals surface area contributed by atoms with Gasteiger partial charge in [-0.1, -0.05) is 11.6 Å². The number of carbonyl (C=O) groups excluding carboxylic acids is 1. The summed E-state index contributed by atoms with van der Waals surface area (Å²) in [5, 5.41) is 10.8. The lowest BCUT2D eigenvalue weighted by atomic mass is 10.1. The molecule has 0 aromatic heterocycles.